The molecule has 0 spiro atoms. The Labute approximate surface area is 104 Å². The fourth-order valence-electron chi connectivity index (χ4n) is 1.71. The van der Waals surface area contributed by atoms with Gasteiger partial charge >= 0.3 is 0 Å². The van der Waals surface area contributed by atoms with E-state index in [2.05, 4.69) is 10.6 Å². The van der Waals surface area contributed by atoms with Gasteiger partial charge in [-0.05, 0) is 25.1 Å². The van der Waals surface area contributed by atoms with Gasteiger partial charge in [0.15, 0.2) is 0 Å². The smallest absolute Gasteiger partial charge is 0.228 e. The Morgan fingerprint density at radius 1 is 1.44 bits per heavy atom. The van der Waals surface area contributed by atoms with Crippen LogP contribution in [0.4, 0.5) is 5.69 Å². The van der Waals surface area contributed by atoms with Gasteiger partial charge in [-0.25, -0.2) is 0 Å². The van der Waals surface area contributed by atoms with Crippen molar-refractivity contribution in [1.29, 1.82) is 0 Å². The SMILES string of the molecule is O=C(Nc1cccc(Cl)c1Cl)C1CCNC1. The largest absolute Gasteiger partial charge is 0.324 e. The van der Waals surface area contributed by atoms with Gasteiger partial charge < -0.3 is 10.6 Å². The molecule has 1 unspecified atom stereocenters. The van der Waals surface area contributed by atoms with Crippen LogP contribution in [0.15, 0.2) is 18.2 Å². The van der Waals surface area contributed by atoms with E-state index in [1.807, 2.05) is 0 Å². The highest BCUT2D eigenvalue weighted by Crippen LogP contribution is 2.30. The zero-order chi connectivity index (χ0) is 11.5. The van der Waals surface area contributed by atoms with E-state index < -0.39 is 0 Å². The van der Waals surface area contributed by atoms with Crippen molar-refractivity contribution >= 4 is 34.8 Å². The molecule has 1 aromatic rings. The first-order valence-corrected chi connectivity index (χ1v) is 5.89. The zero-order valence-corrected chi connectivity index (χ0v) is 10.1. The van der Waals surface area contributed by atoms with Gasteiger partial charge in [0.2, 0.25) is 5.91 Å². The molecule has 0 aromatic heterocycles. The summed E-state index contributed by atoms with van der Waals surface area (Å²) in [7, 11) is 0. The second-order valence-electron chi connectivity index (χ2n) is 3.78. The third-order valence-corrected chi connectivity index (χ3v) is 3.46. The lowest BCUT2D eigenvalue weighted by atomic mass is 10.1. The van der Waals surface area contributed by atoms with Gasteiger partial charge in [0.25, 0.3) is 0 Å². The van der Waals surface area contributed by atoms with E-state index >= 15 is 0 Å². The monoisotopic (exact) mass is 258 g/mol. The average molecular weight is 259 g/mol. The zero-order valence-electron chi connectivity index (χ0n) is 8.59. The van der Waals surface area contributed by atoms with E-state index in [4.69, 9.17) is 23.2 Å². The number of amides is 1. The van der Waals surface area contributed by atoms with Crippen molar-refractivity contribution in [2.24, 2.45) is 5.92 Å². The van der Waals surface area contributed by atoms with E-state index in [-0.39, 0.29) is 11.8 Å². The van der Waals surface area contributed by atoms with Gasteiger partial charge in [-0.1, -0.05) is 29.3 Å². The average Bonchev–Trinajstić information content (AvgIpc) is 2.78. The molecule has 1 amide bonds. The molecule has 0 aliphatic carbocycles. The number of carbonyl (C=O) groups is 1. The fraction of sp³-hybridized carbons (Fsp3) is 0.364. The molecular formula is C11H12Cl2N2O. The maximum Gasteiger partial charge on any atom is 0.228 e. The normalized spacial score (nSPS) is 19.8. The van der Waals surface area contributed by atoms with Gasteiger partial charge in [-0.3, -0.25) is 4.79 Å². The second kappa shape index (κ2) is 5.04. The van der Waals surface area contributed by atoms with Crippen molar-refractivity contribution in [1.82, 2.24) is 5.32 Å². The summed E-state index contributed by atoms with van der Waals surface area (Å²) in [4.78, 5) is 11.8. The maximum atomic E-state index is 11.8. The van der Waals surface area contributed by atoms with Crippen molar-refractivity contribution in [3.8, 4) is 0 Å². The summed E-state index contributed by atoms with van der Waals surface area (Å²) in [6.45, 7) is 1.62. The van der Waals surface area contributed by atoms with Crippen molar-refractivity contribution in [3.63, 3.8) is 0 Å². The van der Waals surface area contributed by atoms with Gasteiger partial charge in [-0.2, -0.15) is 0 Å². The van der Waals surface area contributed by atoms with Crippen LogP contribution in [0.25, 0.3) is 0 Å². The molecule has 2 N–H and O–H groups in total. The Balaban J connectivity index is 2.08. The summed E-state index contributed by atoms with van der Waals surface area (Å²) < 4.78 is 0. The van der Waals surface area contributed by atoms with Crippen LogP contribution < -0.4 is 10.6 Å². The Morgan fingerprint density at radius 2 is 2.25 bits per heavy atom. The highest BCUT2D eigenvalue weighted by molar-refractivity contribution is 6.43. The minimum absolute atomic E-state index is 0.00540. The molecule has 3 nitrogen and oxygen atoms in total. The summed E-state index contributed by atoms with van der Waals surface area (Å²) in [5.41, 5.74) is 0.575. The first-order valence-electron chi connectivity index (χ1n) is 5.14. The molecule has 1 heterocycles. The molecule has 0 radical (unpaired) electrons. The predicted molar refractivity (Wildman–Crippen MR) is 66.1 cm³/mol. The number of halogens is 2. The molecule has 1 fully saturated rings. The Kier molecular flexibility index (Phi) is 3.69. The fourth-order valence-corrected chi connectivity index (χ4v) is 2.06. The minimum atomic E-state index is -0.00540. The van der Waals surface area contributed by atoms with Crippen LogP contribution in [-0.2, 0) is 4.79 Å². The van der Waals surface area contributed by atoms with Gasteiger partial charge in [0.05, 0.1) is 21.7 Å². The van der Waals surface area contributed by atoms with Crippen LogP contribution in [0.5, 0.6) is 0 Å². The van der Waals surface area contributed by atoms with E-state index in [0.717, 1.165) is 19.5 Å². The molecule has 86 valence electrons. The topological polar surface area (TPSA) is 41.1 Å². The van der Waals surface area contributed by atoms with E-state index in [0.29, 0.717) is 15.7 Å². The molecule has 16 heavy (non-hydrogen) atoms. The molecular weight excluding hydrogens is 247 g/mol. The molecule has 1 saturated heterocycles. The summed E-state index contributed by atoms with van der Waals surface area (Å²) in [5.74, 6) is 0.0178. The Morgan fingerprint density at radius 3 is 2.94 bits per heavy atom. The molecule has 0 bridgehead atoms. The Bertz CT molecular complexity index is 403. The van der Waals surface area contributed by atoms with Gasteiger partial charge in [0, 0.05) is 6.54 Å². The summed E-state index contributed by atoms with van der Waals surface area (Å²) in [5, 5.41) is 6.78. The van der Waals surface area contributed by atoms with Gasteiger partial charge in [-0.15, -0.1) is 0 Å². The number of benzene rings is 1. The van der Waals surface area contributed by atoms with Crippen molar-refractivity contribution in [3.05, 3.63) is 28.2 Å². The standard InChI is InChI=1S/C11H12Cl2N2O/c12-8-2-1-3-9(10(8)13)15-11(16)7-4-5-14-6-7/h1-3,7,14H,4-6H2,(H,15,16). The lowest BCUT2D eigenvalue weighted by Crippen LogP contribution is -2.24. The van der Waals surface area contributed by atoms with E-state index in [1.54, 1.807) is 18.2 Å². The van der Waals surface area contributed by atoms with E-state index in [1.165, 1.54) is 0 Å². The van der Waals surface area contributed by atoms with Gasteiger partial charge in [0.1, 0.15) is 0 Å². The van der Waals surface area contributed by atoms with Crippen LogP contribution in [-0.4, -0.2) is 19.0 Å². The Hall–Kier alpha value is -0.770. The quantitative estimate of drug-likeness (QED) is 0.856. The van der Waals surface area contributed by atoms with E-state index in [9.17, 15) is 4.79 Å². The molecule has 1 atom stereocenters. The van der Waals surface area contributed by atoms with Crippen LogP contribution in [0.3, 0.4) is 0 Å². The first-order chi connectivity index (χ1) is 7.68. The number of rotatable bonds is 2. The second-order valence-corrected chi connectivity index (χ2v) is 4.57. The summed E-state index contributed by atoms with van der Waals surface area (Å²) in [6, 6.07) is 5.20. The predicted octanol–water partition coefficient (Wildman–Crippen LogP) is 2.54. The number of anilines is 1. The highest BCUT2D eigenvalue weighted by Gasteiger charge is 2.22. The molecule has 0 saturated carbocycles. The molecule has 5 heteroatoms. The number of carbonyl (C=O) groups excluding carboxylic acids is 1. The third kappa shape index (κ3) is 2.48. The molecule has 1 aliphatic heterocycles. The number of nitrogens with one attached hydrogen (secondary N) is 2. The molecule has 1 aromatic carbocycles. The van der Waals surface area contributed by atoms with Crippen LogP contribution in [0, 0.1) is 5.92 Å². The lowest BCUT2D eigenvalue weighted by Gasteiger charge is -2.11. The highest BCUT2D eigenvalue weighted by atomic mass is 35.5. The number of hydrogen-bond donors (Lipinski definition) is 2. The number of hydrogen-bond acceptors (Lipinski definition) is 2. The first kappa shape index (κ1) is 11.7. The van der Waals surface area contributed by atoms with Crippen molar-refractivity contribution in [2.75, 3.05) is 18.4 Å². The summed E-state index contributed by atoms with van der Waals surface area (Å²) in [6.07, 6.45) is 0.865. The van der Waals surface area contributed by atoms with Crippen molar-refractivity contribution in [2.45, 2.75) is 6.42 Å². The molecule has 1 aliphatic rings. The van der Waals surface area contributed by atoms with Crippen molar-refractivity contribution < 1.29 is 4.79 Å². The lowest BCUT2D eigenvalue weighted by molar-refractivity contribution is -0.119. The van der Waals surface area contributed by atoms with Crippen LogP contribution in [0.2, 0.25) is 10.0 Å². The minimum Gasteiger partial charge on any atom is -0.324 e. The maximum absolute atomic E-state index is 11.8. The van der Waals surface area contributed by atoms with Crippen LogP contribution in [0.1, 0.15) is 6.42 Å². The van der Waals surface area contributed by atoms with Crippen LogP contribution >= 0.6 is 23.2 Å². The summed E-state index contributed by atoms with van der Waals surface area (Å²) >= 11 is 11.8. The third-order valence-electron chi connectivity index (χ3n) is 2.64. The molecule has 2 rings (SSSR count).